The number of anilines is 1. The molecular weight excluding hydrogens is 290 g/mol. The third kappa shape index (κ3) is 3.97. The minimum atomic E-state index is -0.287. The summed E-state index contributed by atoms with van der Waals surface area (Å²) in [5.74, 6) is -0.273. The molecule has 2 amide bonds. The second-order valence-electron chi connectivity index (χ2n) is 6.73. The maximum atomic E-state index is 12.4. The van der Waals surface area contributed by atoms with Gasteiger partial charge in [-0.15, -0.1) is 0 Å². The average molecular weight is 315 g/mol. The number of benzene rings is 1. The molecule has 0 saturated carbocycles. The average Bonchev–Trinajstić information content (AvgIpc) is 2.50. The fourth-order valence-corrected chi connectivity index (χ4v) is 2.32. The summed E-state index contributed by atoms with van der Waals surface area (Å²) in [4.78, 5) is 24.7. The van der Waals surface area contributed by atoms with Gasteiger partial charge in [0.1, 0.15) is 5.71 Å². The quantitative estimate of drug-likeness (QED) is 0.928. The maximum absolute atomic E-state index is 12.4. The van der Waals surface area contributed by atoms with E-state index in [-0.39, 0.29) is 17.4 Å². The lowest BCUT2D eigenvalue weighted by Crippen LogP contribution is -2.48. The molecule has 1 heterocycles. The fraction of sp³-hybridized carbons (Fsp3) is 0.500. The molecule has 1 aliphatic rings. The third-order valence-corrected chi connectivity index (χ3v) is 4.22. The Morgan fingerprint density at radius 2 is 2.00 bits per heavy atom. The van der Waals surface area contributed by atoms with Crippen LogP contribution in [-0.4, -0.2) is 23.1 Å². The van der Waals surface area contributed by atoms with Gasteiger partial charge in [0.15, 0.2) is 0 Å². The molecule has 0 spiro atoms. The zero-order valence-electron chi connectivity index (χ0n) is 14.6. The molecule has 0 unspecified atom stereocenters. The van der Waals surface area contributed by atoms with Crippen molar-refractivity contribution in [2.24, 2.45) is 5.10 Å². The Balaban J connectivity index is 2.31. The highest BCUT2D eigenvalue weighted by atomic mass is 16.2. The lowest BCUT2D eigenvalue weighted by Gasteiger charge is -2.28. The monoisotopic (exact) mass is 315 g/mol. The SMILES string of the molecule is CCC(C)(C)NC(=O)C1=NN(c2cc(C)ccc2C)C(=O)CC1. The number of carbonyl (C=O) groups is 2. The number of aryl methyl sites for hydroxylation is 2. The number of hydrogen-bond acceptors (Lipinski definition) is 3. The van der Waals surface area contributed by atoms with Crippen LogP contribution in [0.4, 0.5) is 5.69 Å². The van der Waals surface area contributed by atoms with E-state index >= 15 is 0 Å². The Morgan fingerprint density at radius 3 is 2.65 bits per heavy atom. The zero-order chi connectivity index (χ0) is 17.2. The minimum Gasteiger partial charge on any atom is -0.346 e. The molecular formula is C18H25N3O2. The van der Waals surface area contributed by atoms with Gasteiger partial charge in [-0.3, -0.25) is 9.59 Å². The van der Waals surface area contributed by atoms with Crippen molar-refractivity contribution in [1.29, 1.82) is 0 Å². The van der Waals surface area contributed by atoms with Crippen molar-refractivity contribution >= 4 is 23.2 Å². The summed E-state index contributed by atoms with van der Waals surface area (Å²) in [6.07, 6.45) is 1.50. The Kier molecular flexibility index (Phi) is 4.88. The number of rotatable bonds is 4. The van der Waals surface area contributed by atoms with Crippen molar-refractivity contribution in [3.05, 3.63) is 29.3 Å². The predicted octanol–water partition coefficient (Wildman–Crippen LogP) is 3.09. The van der Waals surface area contributed by atoms with Crippen LogP contribution < -0.4 is 10.3 Å². The van der Waals surface area contributed by atoms with E-state index in [4.69, 9.17) is 0 Å². The normalized spacial score (nSPS) is 15.4. The molecule has 0 bridgehead atoms. The van der Waals surface area contributed by atoms with Gasteiger partial charge in [-0.05, 0) is 51.3 Å². The second kappa shape index (κ2) is 6.52. The van der Waals surface area contributed by atoms with Crippen molar-refractivity contribution in [2.45, 2.75) is 59.4 Å². The van der Waals surface area contributed by atoms with E-state index in [0.717, 1.165) is 23.2 Å². The van der Waals surface area contributed by atoms with Gasteiger partial charge in [-0.1, -0.05) is 19.1 Å². The first-order valence-electron chi connectivity index (χ1n) is 8.03. The Labute approximate surface area is 137 Å². The Morgan fingerprint density at radius 1 is 1.30 bits per heavy atom. The van der Waals surface area contributed by atoms with Crippen LogP contribution in [0, 0.1) is 13.8 Å². The van der Waals surface area contributed by atoms with Crippen LogP contribution in [0.3, 0.4) is 0 Å². The van der Waals surface area contributed by atoms with E-state index in [1.807, 2.05) is 52.8 Å². The molecule has 0 saturated heterocycles. The summed E-state index contributed by atoms with van der Waals surface area (Å²) in [6, 6.07) is 5.88. The molecule has 1 aliphatic heterocycles. The second-order valence-corrected chi connectivity index (χ2v) is 6.73. The maximum Gasteiger partial charge on any atom is 0.267 e. The number of amides is 2. The summed E-state index contributed by atoms with van der Waals surface area (Å²) in [5, 5.41) is 8.70. The Bertz CT molecular complexity index is 662. The first-order chi connectivity index (χ1) is 10.7. The van der Waals surface area contributed by atoms with Gasteiger partial charge >= 0.3 is 0 Å². The standard InChI is InChI=1S/C18H25N3O2/c1-6-18(4,5)19-17(23)14-9-10-16(22)21(20-14)15-11-12(2)7-8-13(15)3/h7-8,11H,6,9-10H2,1-5H3,(H,19,23). The van der Waals surface area contributed by atoms with Crippen molar-refractivity contribution in [3.8, 4) is 0 Å². The summed E-state index contributed by atoms with van der Waals surface area (Å²) in [5.41, 5.74) is 2.88. The van der Waals surface area contributed by atoms with Crippen LogP contribution in [-0.2, 0) is 9.59 Å². The van der Waals surface area contributed by atoms with Crippen molar-refractivity contribution in [1.82, 2.24) is 5.32 Å². The molecule has 0 aliphatic carbocycles. The van der Waals surface area contributed by atoms with Gasteiger partial charge in [0, 0.05) is 18.4 Å². The smallest absolute Gasteiger partial charge is 0.267 e. The zero-order valence-corrected chi connectivity index (χ0v) is 14.6. The highest BCUT2D eigenvalue weighted by molar-refractivity contribution is 6.40. The minimum absolute atomic E-state index is 0.0787. The largest absolute Gasteiger partial charge is 0.346 e. The molecule has 1 N–H and O–H groups in total. The lowest BCUT2D eigenvalue weighted by atomic mass is 10.0. The molecule has 23 heavy (non-hydrogen) atoms. The van der Waals surface area contributed by atoms with Gasteiger partial charge in [-0.2, -0.15) is 5.10 Å². The van der Waals surface area contributed by atoms with Gasteiger partial charge in [0.2, 0.25) is 5.91 Å². The molecule has 1 aromatic rings. The Hall–Kier alpha value is -2.17. The molecule has 0 radical (unpaired) electrons. The van der Waals surface area contributed by atoms with E-state index in [2.05, 4.69) is 10.4 Å². The van der Waals surface area contributed by atoms with Crippen LogP contribution >= 0.6 is 0 Å². The van der Waals surface area contributed by atoms with E-state index in [0.29, 0.717) is 18.6 Å². The van der Waals surface area contributed by atoms with Crippen LogP contribution in [0.1, 0.15) is 51.2 Å². The van der Waals surface area contributed by atoms with Crippen molar-refractivity contribution in [2.75, 3.05) is 5.01 Å². The summed E-state index contributed by atoms with van der Waals surface area (Å²) in [6.45, 7) is 9.88. The number of hydrazone groups is 1. The molecule has 124 valence electrons. The molecule has 0 fully saturated rings. The van der Waals surface area contributed by atoms with Gasteiger partial charge in [0.05, 0.1) is 5.69 Å². The summed E-state index contributed by atoms with van der Waals surface area (Å²) in [7, 11) is 0. The molecule has 0 atom stereocenters. The number of carbonyl (C=O) groups excluding carboxylic acids is 2. The van der Waals surface area contributed by atoms with Crippen LogP contribution in [0.25, 0.3) is 0 Å². The van der Waals surface area contributed by atoms with Gasteiger partial charge in [0.25, 0.3) is 5.91 Å². The van der Waals surface area contributed by atoms with E-state index < -0.39 is 0 Å². The van der Waals surface area contributed by atoms with Crippen molar-refractivity contribution < 1.29 is 9.59 Å². The highest BCUT2D eigenvalue weighted by Gasteiger charge is 2.28. The summed E-state index contributed by atoms with van der Waals surface area (Å²) >= 11 is 0. The van der Waals surface area contributed by atoms with E-state index in [1.54, 1.807) is 0 Å². The van der Waals surface area contributed by atoms with Gasteiger partial charge in [-0.25, -0.2) is 5.01 Å². The lowest BCUT2D eigenvalue weighted by molar-refractivity contribution is -0.119. The summed E-state index contributed by atoms with van der Waals surface area (Å²) < 4.78 is 0. The number of nitrogens with zero attached hydrogens (tertiary/aromatic N) is 2. The van der Waals surface area contributed by atoms with Crippen LogP contribution in [0.15, 0.2) is 23.3 Å². The highest BCUT2D eigenvalue weighted by Crippen LogP contribution is 2.25. The first kappa shape index (κ1) is 17.2. The molecule has 0 aromatic heterocycles. The van der Waals surface area contributed by atoms with E-state index in [9.17, 15) is 9.59 Å². The van der Waals surface area contributed by atoms with E-state index in [1.165, 1.54) is 5.01 Å². The number of nitrogens with one attached hydrogen (secondary N) is 1. The molecule has 1 aromatic carbocycles. The first-order valence-corrected chi connectivity index (χ1v) is 8.03. The molecule has 5 nitrogen and oxygen atoms in total. The van der Waals surface area contributed by atoms with Crippen LogP contribution in [0.2, 0.25) is 0 Å². The fourth-order valence-electron chi connectivity index (χ4n) is 2.32. The molecule has 2 rings (SSSR count). The van der Waals surface area contributed by atoms with Crippen molar-refractivity contribution in [3.63, 3.8) is 0 Å². The predicted molar refractivity (Wildman–Crippen MR) is 92.6 cm³/mol. The topological polar surface area (TPSA) is 61.8 Å². The molecule has 5 heteroatoms. The van der Waals surface area contributed by atoms with Gasteiger partial charge < -0.3 is 5.32 Å². The van der Waals surface area contributed by atoms with Crippen LogP contribution in [0.5, 0.6) is 0 Å². The number of hydrogen-bond donors (Lipinski definition) is 1. The third-order valence-electron chi connectivity index (χ3n) is 4.22.